The monoisotopic (exact) mass is 397 g/mol. The summed E-state index contributed by atoms with van der Waals surface area (Å²) in [6, 6.07) is 15.4. The molecule has 7 heteroatoms. The fourth-order valence-electron chi connectivity index (χ4n) is 2.67. The minimum absolute atomic E-state index is 0.265. The molecule has 3 rings (SSSR count). The summed E-state index contributed by atoms with van der Waals surface area (Å²) in [4.78, 5) is 30.3. The van der Waals surface area contributed by atoms with Crippen LogP contribution in [0.2, 0.25) is 0 Å². The second-order valence-electron chi connectivity index (χ2n) is 6.58. The van der Waals surface area contributed by atoms with Crippen LogP contribution in [-0.4, -0.2) is 37.6 Å². The maximum absolute atomic E-state index is 11.9. The van der Waals surface area contributed by atoms with Gasteiger partial charge in [-0.25, -0.2) is 4.98 Å². The third-order valence-electron chi connectivity index (χ3n) is 4.14. The molecular formula is C21H23N3O3S. The van der Waals surface area contributed by atoms with E-state index in [1.54, 1.807) is 11.3 Å². The Balaban J connectivity index is 1.37. The summed E-state index contributed by atoms with van der Waals surface area (Å²) in [6.45, 7) is -0.282. The van der Waals surface area contributed by atoms with Crippen LogP contribution < -0.4 is 10.2 Å². The number of rotatable bonds is 8. The van der Waals surface area contributed by atoms with Gasteiger partial charge in [-0.15, -0.1) is 11.3 Å². The lowest BCUT2D eigenvalue weighted by Gasteiger charge is -2.13. The van der Waals surface area contributed by atoms with Crippen LogP contribution in [0.3, 0.4) is 0 Å². The van der Waals surface area contributed by atoms with E-state index in [0.29, 0.717) is 12.1 Å². The summed E-state index contributed by atoms with van der Waals surface area (Å²) >= 11 is 1.64. The van der Waals surface area contributed by atoms with Crippen LogP contribution in [0.25, 0.3) is 10.2 Å². The highest BCUT2D eigenvalue weighted by Gasteiger charge is 2.09. The second kappa shape index (κ2) is 9.32. The maximum Gasteiger partial charge on any atom is 0.306 e. The lowest BCUT2D eigenvalue weighted by atomic mass is 10.2. The molecule has 0 saturated carbocycles. The fraction of sp³-hybridized carbons (Fsp3) is 0.286. The molecule has 1 amide bonds. The number of carbonyl (C=O) groups excluding carboxylic acids is 2. The molecule has 0 atom stereocenters. The van der Waals surface area contributed by atoms with Gasteiger partial charge in [-0.3, -0.25) is 9.59 Å². The molecule has 0 aliphatic carbocycles. The molecule has 0 fully saturated rings. The van der Waals surface area contributed by atoms with Crippen LogP contribution in [0.5, 0.6) is 0 Å². The number of para-hydroxylation sites is 1. The van der Waals surface area contributed by atoms with E-state index in [1.807, 2.05) is 67.5 Å². The molecule has 146 valence electrons. The molecule has 0 bridgehead atoms. The van der Waals surface area contributed by atoms with Gasteiger partial charge in [0.15, 0.2) is 6.61 Å². The first-order valence-electron chi connectivity index (χ1n) is 9.08. The van der Waals surface area contributed by atoms with Crippen molar-refractivity contribution in [1.29, 1.82) is 0 Å². The van der Waals surface area contributed by atoms with E-state index >= 15 is 0 Å². The number of amides is 1. The van der Waals surface area contributed by atoms with Gasteiger partial charge in [0.2, 0.25) is 0 Å². The number of nitrogens with zero attached hydrogens (tertiary/aromatic N) is 2. The van der Waals surface area contributed by atoms with Crippen molar-refractivity contribution in [3.05, 3.63) is 53.5 Å². The lowest BCUT2D eigenvalue weighted by molar-refractivity contribution is -0.147. The van der Waals surface area contributed by atoms with Crippen molar-refractivity contribution in [2.75, 3.05) is 30.9 Å². The predicted octanol–water partition coefficient (Wildman–Crippen LogP) is 3.87. The second-order valence-corrected chi connectivity index (χ2v) is 7.69. The number of hydrogen-bond donors (Lipinski definition) is 1. The molecule has 0 radical (unpaired) electrons. The Kier molecular flexibility index (Phi) is 6.60. The van der Waals surface area contributed by atoms with E-state index in [9.17, 15) is 9.59 Å². The van der Waals surface area contributed by atoms with Gasteiger partial charge in [-0.1, -0.05) is 12.1 Å². The van der Waals surface area contributed by atoms with E-state index in [4.69, 9.17) is 4.74 Å². The van der Waals surface area contributed by atoms with Crippen molar-refractivity contribution < 1.29 is 14.3 Å². The van der Waals surface area contributed by atoms with Crippen molar-refractivity contribution in [2.24, 2.45) is 0 Å². The molecule has 3 aromatic rings. The molecule has 28 heavy (non-hydrogen) atoms. The molecule has 0 saturated heterocycles. The molecule has 0 unspecified atom stereocenters. The first-order valence-corrected chi connectivity index (χ1v) is 9.90. The average Bonchev–Trinajstić information content (AvgIpc) is 3.09. The van der Waals surface area contributed by atoms with Gasteiger partial charge < -0.3 is 15.0 Å². The van der Waals surface area contributed by atoms with Crippen LogP contribution in [0, 0.1) is 0 Å². The highest BCUT2D eigenvalue weighted by atomic mass is 32.1. The highest BCUT2D eigenvalue weighted by Crippen LogP contribution is 2.22. The minimum atomic E-state index is -0.376. The zero-order valence-corrected chi connectivity index (χ0v) is 16.8. The van der Waals surface area contributed by atoms with Gasteiger partial charge in [0.25, 0.3) is 5.91 Å². The van der Waals surface area contributed by atoms with E-state index in [2.05, 4.69) is 10.3 Å². The number of aryl methyl sites for hydroxylation is 1. The molecule has 1 heterocycles. The van der Waals surface area contributed by atoms with Crippen molar-refractivity contribution in [3.63, 3.8) is 0 Å². The first kappa shape index (κ1) is 19.8. The number of aromatic nitrogens is 1. The molecule has 1 N–H and O–H groups in total. The number of esters is 1. The molecule has 0 spiro atoms. The number of thiazole rings is 1. The van der Waals surface area contributed by atoms with E-state index < -0.39 is 0 Å². The van der Waals surface area contributed by atoms with Crippen molar-refractivity contribution in [3.8, 4) is 0 Å². The SMILES string of the molecule is CN(C)c1ccc(NC(=O)COC(=O)CCCc2nc3ccccc3s2)cc1. The number of hydrogen-bond acceptors (Lipinski definition) is 6. The van der Waals surface area contributed by atoms with Crippen LogP contribution in [0.1, 0.15) is 17.8 Å². The van der Waals surface area contributed by atoms with Crippen LogP contribution in [0.4, 0.5) is 11.4 Å². The van der Waals surface area contributed by atoms with Crippen molar-refractivity contribution in [2.45, 2.75) is 19.3 Å². The fourth-order valence-corrected chi connectivity index (χ4v) is 3.68. The molecule has 0 aliphatic rings. The summed E-state index contributed by atoms with van der Waals surface area (Å²) in [5.41, 5.74) is 2.69. The van der Waals surface area contributed by atoms with Gasteiger partial charge in [-0.05, 0) is 49.2 Å². The zero-order valence-electron chi connectivity index (χ0n) is 16.0. The molecular weight excluding hydrogens is 374 g/mol. The molecule has 0 aliphatic heterocycles. The summed E-state index contributed by atoms with van der Waals surface area (Å²) in [6.07, 6.45) is 1.63. The quantitative estimate of drug-likeness (QED) is 0.584. The van der Waals surface area contributed by atoms with Gasteiger partial charge in [0.05, 0.1) is 15.2 Å². The van der Waals surface area contributed by atoms with E-state index in [1.165, 1.54) is 0 Å². The Bertz CT molecular complexity index is 918. The average molecular weight is 398 g/mol. The third-order valence-corrected chi connectivity index (χ3v) is 5.24. The smallest absolute Gasteiger partial charge is 0.306 e. The summed E-state index contributed by atoms with van der Waals surface area (Å²) in [7, 11) is 3.90. The van der Waals surface area contributed by atoms with Gasteiger partial charge in [0, 0.05) is 31.9 Å². The van der Waals surface area contributed by atoms with Crippen LogP contribution in [-0.2, 0) is 20.7 Å². The molecule has 6 nitrogen and oxygen atoms in total. The summed E-state index contributed by atoms with van der Waals surface area (Å²) in [5.74, 6) is -0.726. The maximum atomic E-state index is 11.9. The van der Waals surface area contributed by atoms with E-state index in [-0.39, 0.29) is 24.9 Å². The van der Waals surface area contributed by atoms with Crippen LogP contribution in [0.15, 0.2) is 48.5 Å². The lowest BCUT2D eigenvalue weighted by Crippen LogP contribution is -2.20. The third kappa shape index (κ3) is 5.53. The Hall–Kier alpha value is -2.93. The summed E-state index contributed by atoms with van der Waals surface area (Å²) < 4.78 is 6.21. The normalized spacial score (nSPS) is 10.6. The standard InChI is InChI=1S/C21H23N3O3S/c1-24(2)16-12-10-15(11-13-16)22-19(25)14-27-21(26)9-5-8-20-23-17-6-3-4-7-18(17)28-20/h3-4,6-7,10-13H,5,8-9,14H2,1-2H3,(H,22,25). The van der Waals surface area contributed by atoms with Crippen LogP contribution >= 0.6 is 11.3 Å². The van der Waals surface area contributed by atoms with Crippen molar-refractivity contribution in [1.82, 2.24) is 4.98 Å². The number of anilines is 2. The molecule has 2 aromatic carbocycles. The Morgan fingerprint density at radius 3 is 2.57 bits per heavy atom. The number of benzene rings is 2. The summed E-state index contributed by atoms with van der Waals surface area (Å²) in [5, 5.41) is 3.72. The van der Waals surface area contributed by atoms with Gasteiger partial charge in [0.1, 0.15) is 0 Å². The Labute approximate surface area is 168 Å². The number of ether oxygens (including phenoxy) is 1. The Morgan fingerprint density at radius 2 is 1.86 bits per heavy atom. The number of nitrogens with one attached hydrogen (secondary N) is 1. The van der Waals surface area contributed by atoms with Crippen molar-refractivity contribution >= 4 is 44.8 Å². The molecule has 1 aromatic heterocycles. The topological polar surface area (TPSA) is 71.5 Å². The zero-order chi connectivity index (χ0) is 19.9. The largest absolute Gasteiger partial charge is 0.456 e. The van der Waals surface area contributed by atoms with Gasteiger partial charge >= 0.3 is 5.97 Å². The number of fused-ring (bicyclic) bond motifs is 1. The van der Waals surface area contributed by atoms with Gasteiger partial charge in [-0.2, -0.15) is 0 Å². The first-order chi connectivity index (χ1) is 13.5. The minimum Gasteiger partial charge on any atom is -0.456 e. The Morgan fingerprint density at radius 1 is 1.11 bits per heavy atom. The number of carbonyl (C=O) groups is 2. The highest BCUT2D eigenvalue weighted by molar-refractivity contribution is 7.18. The predicted molar refractivity (Wildman–Crippen MR) is 113 cm³/mol. The van der Waals surface area contributed by atoms with E-state index in [0.717, 1.165) is 27.3 Å².